The third-order valence-corrected chi connectivity index (χ3v) is 2.98. The van der Waals surface area contributed by atoms with E-state index in [9.17, 15) is 0 Å². The lowest BCUT2D eigenvalue weighted by atomic mass is 10.0. The standard InChI is InChI=1S/C14H12N2/c1-9-7-11-3-4-12-10(2)15-6-5-13(12)14(11)8-16-9/h3-8H,1-2H3. The van der Waals surface area contributed by atoms with Crippen molar-refractivity contribution < 1.29 is 0 Å². The van der Waals surface area contributed by atoms with E-state index in [0.29, 0.717) is 0 Å². The number of nitrogens with zero attached hydrogens (tertiary/aromatic N) is 2. The summed E-state index contributed by atoms with van der Waals surface area (Å²) in [5.41, 5.74) is 2.12. The molecule has 0 aliphatic heterocycles. The van der Waals surface area contributed by atoms with Gasteiger partial charge in [0.25, 0.3) is 0 Å². The fraction of sp³-hybridized carbons (Fsp3) is 0.143. The fourth-order valence-corrected chi connectivity index (χ4v) is 2.14. The normalized spacial score (nSPS) is 11.1. The number of hydrogen-bond donors (Lipinski definition) is 0. The largest absolute Gasteiger partial charge is 0.261 e. The predicted molar refractivity (Wildman–Crippen MR) is 66.5 cm³/mol. The van der Waals surface area contributed by atoms with Crippen LogP contribution in [0.25, 0.3) is 21.5 Å². The van der Waals surface area contributed by atoms with Gasteiger partial charge in [0.1, 0.15) is 0 Å². The summed E-state index contributed by atoms with van der Waals surface area (Å²) in [6.07, 6.45) is 3.81. The molecule has 2 aromatic heterocycles. The lowest BCUT2D eigenvalue weighted by Gasteiger charge is -2.05. The number of benzene rings is 1. The van der Waals surface area contributed by atoms with Crippen molar-refractivity contribution in [2.24, 2.45) is 0 Å². The molecule has 0 N–H and O–H groups in total. The van der Waals surface area contributed by atoms with Crippen molar-refractivity contribution >= 4 is 21.5 Å². The fourth-order valence-electron chi connectivity index (χ4n) is 2.14. The maximum absolute atomic E-state index is 4.37. The molecular weight excluding hydrogens is 196 g/mol. The van der Waals surface area contributed by atoms with Crippen LogP contribution in [0.4, 0.5) is 0 Å². The minimum absolute atomic E-state index is 1.05. The van der Waals surface area contributed by atoms with Crippen LogP contribution in [0.3, 0.4) is 0 Å². The smallest absolute Gasteiger partial charge is 0.0451 e. The Bertz CT molecular complexity index is 687. The van der Waals surface area contributed by atoms with E-state index in [4.69, 9.17) is 0 Å². The Balaban J connectivity index is 2.55. The monoisotopic (exact) mass is 208 g/mol. The van der Waals surface area contributed by atoms with Crippen molar-refractivity contribution in [3.05, 3.63) is 48.0 Å². The summed E-state index contributed by atoms with van der Waals surface area (Å²) < 4.78 is 0. The third kappa shape index (κ3) is 1.27. The second kappa shape index (κ2) is 3.27. The Kier molecular flexibility index (Phi) is 1.90. The van der Waals surface area contributed by atoms with E-state index in [2.05, 4.69) is 34.2 Å². The summed E-state index contributed by atoms with van der Waals surface area (Å²) >= 11 is 0. The molecule has 0 atom stereocenters. The van der Waals surface area contributed by atoms with Crippen molar-refractivity contribution in [2.45, 2.75) is 13.8 Å². The van der Waals surface area contributed by atoms with Gasteiger partial charge in [0.15, 0.2) is 0 Å². The lowest BCUT2D eigenvalue weighted by molar-refractivity contribution is 1.22. The van der Waals surface area contributed by atoms with E-state index in [1.54, 1.807) is 0 Å². The van der Waals surface area contributed by atoms with E-state index in [1.165, 1.54) is 21.5 Å². The van der Waals surface area contributed by atoms with Crippen LogP contribution in [0.5, 0.6) is 0 Å². The summed E-state index contributed by atoms with van der Waals surface area (Å²) in [6.45, 7) is 4.05. The average molecular weight is 208 g/mol. The van der Waals surface area contributed by atoms with Crippen LogP contribution in [0, 0.1) is 13.8 Å². The zero-order chi connectivity index (χ0) is 11.1. The number of fused-ring (bicyclic) bond motifs is 3. The second-order valence-corrected chi connectivity index (χ2v) is 4.10. The van der Waals surface area contributed by atoms with Crippen LogP contribution in [0.2, 0.25) is 0 Å². The highest BCUT2D eigenvalue weighted by molar-refractivity contribution is 6.07. The summed E-state index contributed by atoms with van der Waals surface area (Å²) in [5.74, 6) is 0. The van der Waals surface area contributed by atoms with Gasteiger partial charge in [-0.05, 0) is 36.8 Å². The van der Waals surface area contributed by atoms with Crippen molar-refractivity contribution in [3.8, 4) is 0 Å². The van der Waals surface area contributed by atoms with Crippen LogP contribution in [0.1, 0.15) is 11.4 Å². The Hall–Kier alpha value is -1.96. The maximum atomic E-state index is 4.37. The van der Waals surface area contributed by atoms with Crippen molar-refractivity contribution in [1.29, 1.82) is 0 Å². The molecule has 0 saturated heterocycles. The maximum Gasteiger partial charge on any atom is 0.0451 e. The van der Waals surface area contributed by atoms with Crippen molar-refractivity contribution in [3.63, 3.8) is 0 Å². The van der Waals surface area contributed by atoms with Gasteiger partial charge in [-0.15, -0.1) is 0 Å². The zero-order valence-electron chi connectivity index (χ0n) is 9.36. The minimum atomic E-state index is 1.05. The number of aryl methyl sites for hydroxylation is 2. The first kappa shape index (κ1) is 9.28. The highest BCUT2D eigenvalue weighted by Gasteiger charge is 2.03. The van der Waals surface area contributed by atoms with E-state index in [0.717, 1.165) is 11.4 Å². The summed E-state index contributed by atoms with van der Waals surface area (Å²) in [7, 11) is 0. The van der Waals surface area contributed by atoms with Gasteiger partial charge in [-0.3, -0.25) is 9.97 Å². The second-order valence-electron chi connectivity index (χ2n) is 4.10. The van der Waals surface area contributed by atoms with Crippen LogP contribution in [-0.2, 0) is 0 Å². The lowest BCUT2D eigenvalue weighted by Crippen LogP contribution is -1.86. The van der Waals surface area contributed by atoms with E-state index >= 15 is 0 Å². The molecule has 0 radical (unpaired) electrons. The van der Waals surface area contributed by atoms with Crippen LogP contribution in [0.15, 0.2) is 36.7 Å². The number of hydrogen-bond acceptors (Lipinski definition) is 2. The van der Waals surface area contributed by atoms with Gasteiger partial charge in [-0.2, -0.15) is 0 Å². The first-order valence-electron chi connectivity index (χ1n) is 5.36. The Morgan fingerprint density at radius 2 is 1.75 bits per heavy atom. The molecule has 2 nitrogen and oxygen atoms in total. The first-order chi connectivity index (χ1) is 7.75. The Morgan fingerprint density at radius 1 is 0.875 bits per heavy atom. The van der Waals surface area contributed by atoms with Gasteiger partial charge in [-0.25, -0.2) is 0 Å². The number of rotatable bonds is 0. The molecule has 0 amide bonds. The van der Waals surface area contributed by atoms with Crippen molar-refractivity contribution in [2.75, 3.05) is 0 Å². The average Bonchev–Trinajstić information content (AvgIpc) is 2.28. The van der Waals surface area contributed by atoms with Gasteiger partial charge in [-0.1, -0.05) is 12.1 Å². The molecule has 0 bridgehead atoms. The molecule has 1 aromatic carbocycles. The summed E-state index contributed by atoms with van der Waals surface area (Å²) in [4.78, 5) is 8.68. The van der Waals surface area contributed by atoms with E-state index < -0.39 is 0 Å². The van der Waals surface area contributed by atoms with E-state index in [-0.39, 0.29) is 0 Å². The third-order valence-electron chi connectivity index (χ3n) is 2.98. The molecule has 0 unspecified atom stereocenters. The zero-order valence-corrected chi connectivity index (χ0v) is 9.36. The van der Waals surface area contributed by atoms with E-state index in [1.807, 2.05) is 26.2 Å². The summed E-state index contributed by atoms with van der Waals surface area (Å²) in [6, 6.07) is 8.45. The molecule has 3 aromatic rings. The van der Waals surface area contributed by atoms with Crippen LogP contribution < -0.4 is 0 Å². The highest BCUT2D eigenvalue weighted by atomic mass is 14.7. The highest BCUT2D eigenvalue weighted by Crippen LogP contribution is 2.25. The Labute approximate surface area is 94.0 Å². The van der Waals surface area contributed by atoms with Crippen molar-refractivity contribution in [1.82, 2.24) is 9.97 Å². The first-order valence-corrected chi connectivity index (χ1v) is 5.36. The molecule has 78 valence electrons. The SMILES string of the molecule is Cc1cc2ccc3c(C)nccc3c2cn1. The molecule has 16 heavy (non-hydrogen) atoms. The van der Waals surface area contributed by atoms with Crippen LogP contribution >= 0.6 is 0 Å². The number of pyridine rings is 2. The Morgan fingerprint density at radius 3 is 2.62 bits per heavy atom. The molecular formula is C14H12N2. The quantitative estimate of drug-likeness (QED) is 0.529. The molecule has 0 spiro atoms. The van der Waals surface area contributed by atoms with Crippen LogP contribution in [-0.4, -0.2) is 9.97 Å². The molecule has 0 aliphatic rings. The molecule has 3 rings (SSSR count). The molecule has 0 fully saturated rings. The summed E-state index contributed by atoms with van der Waals surface area (Å²) in [5, 5.41) is 4.89. The topological polar surface area (TPSA) is 25.8 Å². The van der Waals surface area contributed by atoms with Gasteiger partial charge in [0.2, 0.25) is 0 Å². The molecule has 0 saturated carbocycles. The molecule has 2 heterocycles. The van der Waals surface area contributed by atoms with Gasteiger partial charge in [0, 0.05) is 34.6 Å². The van der Waals surface area contributed by atoms with Gasteiger partial charge < -0.3 is 0 Å². The van der Waals surface area contributed by atoms with Gasteiger partial charge >= 0.3 is 0 Å². The molecule has 2 heteroatoms. The predicted octanol–water partition coefficient (Wildman–Crippen LogP) is 3.40. The molecule has 0 aliphatic carbocycles. The minimum Gasteiger partial charge on any atom is -0.261 e. The van der Waals surface area contributed by atoms with Gasteiger partial charge in [0.05, 0.1) is 0 Å². The number of aromatic nitrogens is 2.